The predicted octanol–water partition coefficient (Wildman–Crippen LogP) is 2.96. The summed E-state index contributed by atoms with van der Waals surface area (Å²) in [5.41, 5.74) is 0. The standard InChI is InChI=1S/C8H14OS2/c1-3-7(9-6-10)5-8(11)4-2/h5,10H,3-4,6H2,1-2H3/b7-5-. The zero-order valence-electron chi connectivity index (χ0n) is 6.96. The van der Waals surface area contributed by atoms with E-state index in [2.05, 4.69) is 12.6 Å². The van der Waals surface area contributed by atoms with Gasteiger partial charge in [0.15, 0.2) is 0 Å². The van der Waals surface area contributed by atoms with Crippen molar-refractivity contribution in [1.82, 2.24) is 0 Å². The van der Waals surface area contributed by atoms with Gasteiger partial charge in [0.1, 0.15) is 5.94 Å². The van der Waals surface area contributed by atoms with E-state index >= 15 is 0 Å². The third kappa shape index (κ3) is 5.27. The number of hydrogen-bond acceptors (Lipinski definition) is 3. The number of hydrogen-bond donors (Lipinski definition) is 1. The van der Waals surface area contributed by atoms with Crippen molar-refractivity contribution in [2.45, 2.75) is 26.7 Å². The summed E-state index contributed by atoms with van der Waals surface area (Å²) in [5.74, 6) is 1.35. The van der Waals surface area contributed by atoms with Crippen molar-refractivity contribution in [3.05, 3.63) is 11.8 Å². The molecule has 0 radical (unpaired) electrons. The topological polar surface area (TPSA) is 9.23 Å². The Morgan fingerprint density at radius 3 is 2.45 bits per heavy atom. The molecule has 0 bridgehead atoms. The Kier molecular flexibility index (Phi) is 6.66. The van der Waals surface area contributed by atoms with E-state index in [0.717, 1.165) is 23.5 Å². The van der Waals surface area contributed by atoms with E-state index in [-0.39, 0.29) is 0 Å². The molecule has 0 saturated carbocycles. The lowest BCUT2D eigenvalue weighted by molar-refractivity contribution is 0.264. The summed E-state index contributed by atoms with van der Waals surface area (Å²) in [6, 6.07) is 0. The first-order valence-corrected chi connectivity index (χ1v) is 4.75. The largest absolute Gasteiger partial charge is 0.488 e. The number of ether oxygens (including phenoxy) is 1. The molecule has 11 heavy (non-hydrogen) atoms. The summed E-state index contributed by atoms with van der Waals surface area (Å²) in [4.78, 5) is 0.934. The maximum atomic E-state index is 5.20. The zero-order valence-corrected chi connectivity index (χ0v) is 8.67. The number of thiocarbonyl (C=S) groups is 1. The van der Waals surface area contributed by atoms with Gasteiger partial charge in [-0.05, 0) is 12.5 Å². The van der Waals surface area contributed by atoms with Gasteiger partial charge in [-0.3, -0.25) is 0 Å². The summed E-state index contributed by atoms with van der Waals surface area (Å²) >= 11 is 8.99. The van der Waals surface area contributed by atoms with Gasteiger partial charge in [-0.25, -0.2) is 0 Å². The smallest absolute Gasteiger partial charge is 0.130 e. The van der Waals surface area contributed by atoms with Crippen LogP contribution in [0.3, 0.4) is 0 Å². The molecule has 0 aromatic carbocycles. The third-order valence-electron chi connectivity index (χ3n) is 1.27. The van der Waals surface area contributed by atoms with E-state index in [0.29, 0.717) is 5.94 Å². The average molecular weight is 190 g/mol. The van der Waals surface area contributed by atoms with Gasteiger partial charge in [-0.1, -0.05) is 26.1 Å². The molecule has 0 unspecified atom stereocenters. The van der Waals surface area contributed by atoms with E-state index in [1.54, 1.807) is 0 Å². The molecule has 3 heteroatoms. The first-order valence-electron chi connectivity index (χ1n) is 3.71. The lowest BCUT2D eigenvalue weighted by Gasteiger charge is -2.04. The van der Waals surface area contributed by atoms with Gasteiger partial charge in [0.2, 0.25) is 0 Å². The Bertz CT molecular complexity index is 152. The van der Waals surface area contributed by atoms with E-state index < -0.39 is 0 Å². The summed E-state index contributed by atoms with van der Waals surface area (Å²) in [6.45, 7) is 4.07. The van der Waals surface area contributed by atoms with Gasteiger partial charge < -0.3 is 4.74 Å². The molecular weight excluding hydrogens is 176 g/mol. The van der Waals surface area contributed by atoms with Gasteiger partial charge in [-0.2, -0.15) is 0 Å². The van der Waals surface area contributed by atoms with Crippen LogP contribution in [-0.2, 0) is 4.74 Å². The summed E-state index contributed by atoms with van der Waals surface area (Å²) in [7, 11) is 0. The minimum Gasteiger partial charge on any atom is -0.488 e. The molecule has 0 rings (SSSR count). The fourth-order valence-electron chi connectivity index (χ4n) is 0.610. The Balaban J connectivity index is 3.99. The first-order chi connectivity index (χ1) is 5.24. The van der Waals surface area contributed by atoms with Crippen LogP contribution in [0.4, 0.5) is 0 Å². The van der Waals surface area contributed by atoms with Crippen molar-refractivity contribution in [2.75, 3.05) is 5.94 Å². The molecule has 0 aliphatic rings. The Labute approximate surface area is 79.2 Å². The van der Waals surface area contributed by atoms with Crippen molar-refractivity contribution in [2.24, 2.45) is 0 Å². The van der Waals surface area contributed by atoms with Gasteiger partial charge in [-0.15, -0.1) is 12.6 Å². The van der Waals surface area contributed by atoms with Crippen molar-refractivity contribution < 1.29 is 4.74 Å². The average Bonchev–Trinajstić information content (AvgIpc) is 2.03. The SMILES string of the molecule is CCC(=S)/C=C(/CC)OCS. The van der Waals surface area contributed by atoms with Gasteiger partial charge in [0, 0.05) is 11.3 Å². The fourth-order valence-corrected chi connectivity index (χ4v) is 0.908. The molecule has 0 heterocycles. The van der Waals surface area contributed by atoms with Crippen molar-refractivity contribution in [3.63, 3.8) is 0 Å². The lowest BCUT2D eigenvalue weighted by Crippen LogP contribution is -1.93. The van der Waals surface area contributed by atoms with Crippen LogP contribution in [0.15, 0.2) is 11.8 Å². The van der Waals surface area contributed by atoms with Gasteiger partial charge >= 0.3 is 0 Å². The van der Waals surface area contributed by atoms with E-state index in [1.165, 1.54) is 0 Å². The number of thiol groups is 1. The van der Waals surface area contributed by atoms with Crippen molar-refractivity contribution in [3.8, 4) is 0 Å². The molecular formula is C8H14OS2. The highest BCUT2D eigenvalue weighted by Gasteiger charge is 1.94. The summed E-state index contributed by atoms with van der Waals surface area (Å²) in [6.07, 6.45) is 3.68. The molecule has 0 aromatic rings. The van der Waals surface area contributed by atoms with E-state index in [4.69, 9.17) is 17.0 Å². The van der Waals surface area contributed by atoms with Crippen LogP contribution in [-0.4, -0.2) is 10.8 Å². The maximum Gasteiger partial charge on any atom is 0.130 e. The highest BCUT2D eigenvalue weighted by Crippen LogP contribution is 2.05. The third-order valence-corrected chi connectivity index (χ3v) is 1.80. The highest BCUT2D eigenvalue weighted by atomic mass is 32.1. The molecule has 0 fully saturated rings. The Hall–Kier alpha value is -0.0200. The zero-order chi connectivity index (χ0) is 8.69. The predicted molar refractivity (Wildman–Crippen MR) is 56.2 cm³/mol. The van der Waals surface area contributed by atoms with Gasteiger partial charge in [0.05, 0.1) is 5.76 Å². The van der Waals surface area contributed by atoms with E-state index in [9.17, 15) is 0 Å². The molecule has 0 aromatic heterocycles. The molecule has 0 atom stereocenters. The van der Waals surface area contributed by atoms with Crippen LogP contribution in [0.5, 0.6) is 0 Å². The molecule has 0 amide bonds. The van der Waals surface area contributed by atoms with Crippen LogP contribution >= 0.6 is 24.8 Å². The second-order valence-corrected chi connectivity index (χ2v) is 2.84. The monoisotopic (exact) mass is 190 g/mol. The van der Waals surface area contributed by atoms with Gasteiger partial charge in [0.25, 0.3) is 0 Å². The molecule has 0 aliphatic carbocycles. The fraction of sp³-hybridized carbons (Fsp3) is 0.625. The van der Waals surface area contributed by atoms with Crippen molar-refractivity contribution in [1.29, 1.82) is 0 Å². The highest BCUT2D eigenvalue weighted by molar-refractivity contribution is 7.80. The molecule has 0 aliphatic heterocycles. The first kappa shape index (κ1) is 11.0. The lowest BCUT2D eigenvalue weighted by atomic mass is 10.2. The van der Waals surface area contributed by atoms with Crippen LogP contribution in [0.1, 0.15) is 26.7 Å². The maximum absolute atomic E-state index is 5.20. The van der Waals surface area contributed by atoms with Crippen LogP contribution in [0.2, 0.25) is 0 Å². The molecule has 0 N–H and O–H groups in total. The molecule has 0 spiro atoms. The second-order valence-electron chi connectivity index (χ2n) is 2.06. The number of allylic oxidation sites excluding steroid dienone is 2. The summed E-state index contributed by atoms with van der Waals surface area (Å²) in [5, 5.41) is 0. The van der Waals surface area contributed by atoms with E-state index in [1.807, 2.05) is 19.9 Å². The number of rotatable bonds is 5. The van der Waals surface area contributed by atoms with Crippen LogP contribution in [0.25, 0.3) is 0 Å². The van der Waals surface area contributed by atoms with Crippen LogP contribution in [0, 0.1) is 0 Å². The van der Waals surface area contributed by atoms with Crippen molar-refractivity contribution >= 4 is 29.7 Å². The molecule has 1 nitrogen and oxygen atoms in total. The Morgan fingerprint density at radius 2 is 2.09 bits per heavy atom. The van der Waals surface area contributed by atoms with Crippen LogP contribution < -0.4 is 0 Å². The Morgan fingerprint density at radius 1 is 1.45 bits per heavy atom. The summed E-state index contributed by atoms with van der Waals surface area (Å²) < 4.78 is 5.20. The molecule has 0 saturated heterocycles. The minimum absolute atomic E-state index is 0.423. The molecule has 64 valence electrons. The minimum atomic E-state index is 0.423. The normalized spacial score (nSPS) is 11.4. The quantitative estimate of drug-likeness (QED) is 0.235. The second kappa shape index (κ2) is 6.68.